The van der Waals surface area contributed by atoms with Gasteiger partial charge in [0.15, 0.2) is 11.4 Å². The highest BCUT2D eigenvalue weighted by Crippen LogP contribution is 2.36. The number of benzene rings is 1. The van der Waals surface area contributed by atoms with Crippen molar-refractivity contribution in [2.45, 2.75) is 24.9 Å². The first kappa shape index (κ1) is 18.8. The first-order chi connectivity index (χ1) is 12.9. The lowest BCUT2D eigenvalue weighted by Gasteiger charge is -2.40. The van der Waals surface area contributed by atoms with Crippen molar-refractivity contribution in [3.63, 3.8) is 0 Å². The van der Waals surface area contributed by atoms with E-state index >= 15 is 0 Å². The van der Waals surface area contributed by atoms with Crippen LogP contribution in [0, 0.1) is 17.1 Å². The van der Waals surface area contributed by atoms with Crippen molar-refractivity contribution in [1.29, 1.82) is 5.41 Å². The summed E-state index contributed by atoms with van der Waals surface area (Å²) in [6.45, 7) is 0. The second kappa shape index (κ2) is 7.31. The van der Waals surface area contributed by atoms with Gasteiger partial charge >= 0.3 is 6.03 Å². The van der Waals surface area contributed by atoms with Gasteiger partial charge in [0.1, 0.15) is 5.82 Å². The van der Waals surface area contributed by atoms with Crippen LogP contribution >= 0.6 is 11.6 Å². The van der Waals surface area contributed by atoms with E-state index in [1.165, 1.54) is 12.1 Å². The van der Waals surface area contributed by atoms with Gasteiger partial charge in [0.25, 0.3) is 11.8 Å². The number of nitrogens with zero attached hydrogens (tertiary/aromatic N) is 1. The maximum atomic E-state index is 13.2. The lowest BCUT2D eigenvalue weighted by atomic mass is 9.75. The standard InChI is InChI=1S/C16H16ClFN6O3/c17-10-6-9(4-5-11(10)18)23-24-12(7-19)13(25)21-16(8-2-1-3-8)14(26)20-15(27)22-16/h4-8,19,23H,1-3H2,(H,21,25)(H2,20,22,26,27)/b19-7?,24-12+. The molecule has 0 radical (unpaired) electrons. The van der Waals surface area contributed by atoms with E-state index in [1.54, 1.807) is 0 Å². The summed E-state index contributed by atoms with van der Waals surface area (Å²) in [5.41, 5.74) is 0.892. The smallest absolute Gasteiger partial charge is 0.320 e. The number of hydrazone groups is 1. The van der Waals surface area contributed by atoms with Crippen LogP contribution in [0.15, 0.2) is 23.3 Å². The summed E-state index contributed by atoms with van der Waals surface area (Å²) in [5, 5.41) is 18.1. The predicted octanol–water partition coefficient (Wildman–Crippen LogP) is 1.35. The molecular formula is C16H16ClFN6O3. The normalized spacial score (nSPS) is 22.5. The topological polar surface area (TPSA) is 136 Å². The Balaban J connectivity index is 1.77. The second-order valence-corrected chi connectivity index (χ2v) is 6.59. The summed E-state index contributed by atoms with van der Waals surface area (Å²) in [4.78, 5) is 36.4. The molecule has 1 saturated carbocycles. The molecule has 0 spiro atoms. The highest BCUT2D eigenvalue weighted by molar-refractivity contribution is 6.60. The molecule has 5 N–H and O–H groups in total. The zero-order chi connectivity index (χ0) is 19.6. The molecule has 4 amide bonds. The van der Waals surface area contributed by atoms with Crippen molar-refractivity contribution in [2.24, 2.45) is 11.0 Å². The highest BCUT2D eigenvalue weighted by Gasteiger charge is 2.55. The first-order valence-corrected chi connectivity index (χ1v) is 8.49. The molecule has 1 heterocycles. The monoisotopic (exact) mass is 394 g/mol. The molecule has 9 nitrogen and oxygen atoms in total. The van der Waals surface area contributed by atoms with Gasteiger partial charge in [-0.15, -0.1) is 0 Å². The van der Waals surface area contributed by atoms with Gasteiger partial charge in [-0.3, -0.25) is 20.3 Å². The number of carbonyl (C=O) groups excluding carboxylic acids is 3. The molecule has 0 bridgehead atoms. The fraction of sp³-hybridized carbons (Fsp3) is 0.312. The van der Waals surface area contributed by atoms with Crippen LogP contribution in [0.25, 0.3) is 0 Å². The van der Waals surface area contributed by atoms with Gasteiger partial charge in [-0.2, -0.15) is 5.10 Å². The Kier molecular flexibility index (Phi) is 5.08. The Bertz CT molecular complexity index is 857. The summed E-state index contributed by atoms with van der Waals surface area (Å²) in [6, 6.07) is 3.04. The molecule has 1 aromatic rings. The van der Waals surface area contributed by atoms with Crippen molar-refractivity contribution in [3.05, 3.63) is 29.0 Å². The Morgan fingerprint density at radius 3 is 2.67 bits per heavy atom. The van der Waals surface area contributed by atoms with E-state index in [4.69, 9.17) is 17.0 Å². The lowest BCUT2D eigenvalue weighted by molar-refractivity contribution is -0.133. The van der Waals surface area contributed by atoms with E-state index in [-0.39, 0.29) is 16.7 Å². The van der Waals surface area contributed by atoms with Gasteiger partial charge in [0, 0.05) is 5.92 Å². The molecule has 1 aliphatic heterocycles. The van der Waals surface area contributed by atoms with Gasteiger partial charge < -0.3 is 16.0 Å². The average molecular weight is 395 g/mol. The minimum atomic E-state index is -1.56. The SMILES string of the molecule is N=C/C(=N\Nc1ccc(F)c(Cl)c1)C(=O)NC1(C2CCC2)NC(=O)NC1=O. The number of rotatable bonds is 6. The van der Waals surface area contributed by atoms with Gasteiger partial charge in [-0.05, 0) is 31.0 Å². The third-order valence-corrected chi connectivity index (χ3v) is 4.81. The average Bonchev–Trinajstić information content (AvgIpc) is 2.83. The molecule has 142 valence electrons. The predicted molar refractivity (Wildman–Crippen MR) is 96.1 cm³/mol. The quantitative estimate of drug-likeness (QED) is 0.282. The summed E-state index contributed by atoms with van der Waals surface area (Å²) in [5.74, 6) is -2.33. The Morgan fingerprint density at radius 2 is 2.15 bits per heavy atom. The Morgan fingerprint density at radius 1 is 1.41 bits per heavy atom. The summed E-state index contributed by atoms with van der Waals surface area (Å²) in [7, 11) is 0. The molecule has 1 aromatic carbocycles. The molecule has 2 aliphatic rings. The van der Waals surface area contributed by atoms with Crippen LogP contribution in [0.5, 0.6) is 0 Å². The number of halogens is 2. The number of urea groups is 1. The number of hydrogen-bond acceptors (Lipinski definition) is 6. The molecular weight excluding hydrogens is 379 g/mol. The van der Waals surface area contributed by atoms with Crippen molar-refractivity contribution in [3.8, 4) is 0 Å². The van der Waals surface area contributed by atoms with Gasteiger partial charge in [0.2, 0.25) is 0 Å². The van der Waals surface area contributed by atoms with Crippen LogP contribution < -0.4 is 21.4 Å². The van der Waals surface area contributed by atoms with Crippen LogP contribution in [-0.2, 0) is 9.59 Å². The number of anilines is 1. The van der Waals surface area contributed by atoms with E-state index in [9.17, 15) is 18.8 Å². The number of hydrogen-bond donors (Lipinski definition) is 5. The minimum absolute atomic E-state index is 0.134. The van der Waals surface area contributed by atoms with Crippen molar-refractivity contribution in [2.75, 3.05) is 5.43 Å². The lowest BCUT2D eigenvalue weighted by Crippen LogP contribution is -2.67. The molecule has 27 heavy (non-hydrogen) atoms. The van der Waals surface area contributed by atoms with Crippen molar-refractivity contribution in [1.82, 2.24) is 16.0 Å². The third kappa shape index (κ3) is 3.61. The zero-order valence-corrected chi connectivity index (χ0v) is 14.7. The van der Waals surface area contributed by atoms with Crippen LogP contribution in [0.4, 0.5) is 14.9 Å². The fourth-order valence-corrected chi connectivity index (χ4v) is 3.05. The maximum Gasteiger partial charge on any atom is 0.323 e. The summed E-state index contributed by atoms with van der Waals surface area (Å²) >= 11 is 5.67. The number of imide groups is 1. The molecule has 1 unspecified atom stereocenters. The third-order valence-electron chi connectivity index (χ3n) is 4.52. The largest absolute Gasteiger partial charge is 0.323 e. The molecule has 1 atom stereocenters. The van der Waals surface area contributed by atoms with Crippen molar-refractivity contribution < 1.29 is 18.8 Å². The Labute approximate surface area is 158 Å². The molecule has 1 aliphatic carbocycles. The summed E-state index contributed by atoms with van der Waals surface area (Å²) < 4.78 is 13.2. The second-order valence-electron chi connectivity index (χ2n) is 6.18. The van der Waals surface area contributed by atoms with E-state index in [0.717, 1.165) is 12.5 Å². The van der Waals surface area contributed by atoms with Crippen LogP contribution in [0.2, 0.25) is 5.02 Å². The van der Waals surface area contributed by atoms with Gasteiger partial charge in [-0.25, -0.2) is 9.18 Å². The van der Waals surface area contributed by atoms with E-state index in [1.807, 2.05) is 0 Å². The zero-order valence-electron chi connectivity index (χ0n) is 13.9. The maximum absolute atomic E-state index is 13.2. The minimum Gasteiger partial charge on any atom is -0.320 e. The van der Waals surface area contributed by atoms with Crippen molar-refractivity contribution >= 4 is 47.1 Å². The molecule has 1 saturated heterocycles. The Hall–Kier alpha value is -3.01. The molecule has 0 aromatic heterocycles. The fourth-order valence-electron chi connectivity index (χ4n) is 2.87. The van der Waals surface area contributed by atoms with E-state index < -0.39 is 29.3 Å². The number of amides is 4. The number of carbonyl (C=O) groups is 3. The van der Waals surface area contributed by atoms with Gasteiger partial charge in [-0.1, -0.05) is 18.0 Å². The van der Waals surface area contributed by atoms with Crippen LogP contribution in [0.1, 0.15) is 19.3 Å². The van der Waals surface area contributed by atoms with Gasteiger partial charge in [0.05, 0.1) is 16.9 Å². The number of nitrogens with one attached hydrogen (secondary N) is 5. The molecule has 2 fully saturated rings. The van der Waals surface area contributed by atoms with Crippen LogP contribution in [0.3, 0.4) is 0 Å². The highest BCUT2D eigenvalue weighted by atomic mass is 35.5. The van der Waals surface area contributed by atoms with Crippen LogP contribution in [-0.4, -0.2) is 35.4 Å². The first-order valence-electron chi connectivity index (χ1n) is 8.11. The van der Waals surface area contributed by atoms with E-state index in [2.05, 4.69) is 26.5 Å². The molecule has 11 heteroatoms. The molecule has 3 rings (SSSR count). The summed E-state index contributed by atoms with van der Waals surface area (Å²) in [6.07, 6.45) is 2.90. The van der Waals surface area contributed by atoms with E-state index in [0.29, 0.717) is 24.7 Å².